The molecule has 6 heteroatoms. The Morgan fingerprint density at radius 1 is 1.06 bits per heavy atom. The number of hydrogen-bond acceptors (Lipinski definition) is 5. The molecular weight excluding hydrogens is 438 g/mol. The van der Waals surface area contributed by atoms with Crippen LogP contribution in [0.1, 0.15) is 72.5 Å². The van der Waals surface area contributed by atoms with E-state index in [2.05, 4.69) is 42.1 Å². The summed E-state index contributed by atoms with van der Waals surface area (Å²) in [6.07, 6.45) is 6.37. The molecule has 0 radical (unpaired) electrons. The quantitative estimate of drug-likeness (QED) is 0.324. The summed E-state index contributed by atoms with van der Waals surface area (Å²) >= 11 is 0. The van der Waals surface area contributed by atoms with Crippen LogP contribution in [0.2, 0.25) is 0 Å². The molecule has 0 saturated carbocycles. The summed E-state index contributed by atoms with van der Waals surface area (Å²) in [4.78, 5) is 21.7. The Morgan fingerprint density at radius 2 is 1.83 bits per heavy atom. The van der Waals surface area contributed by atoms with Gasteiger partial charge < -0.3 is 14.8 Å². The molecular formula is C29H33N3O3. The van der Waals surface area contributed by atoms with Gasteiger partial charge in [-0.1, -0.05) is 26.0 Å². The minimum atomic E-state index is -0.871. The third-order valence-electron chi connectivity index (χ3n) is 6.21. The van der Waals surface area contributed by atoms with Crippen LogP contribution in [0, 0.1) is 19.8 Å². The molecule has 1 amide bonds. The number of carbonyl (C=O) groups is 1. The highest BCUT2D eigenvalue weighted by Crippen LogP contribution is 2.29. The fourth-order valence-electron chi connectivity index (χ4n) is 4.37. The van der Waals surface area contributed by atoms with Crippen LogP contribution in [0.3, 0.4) is 0 Å². The van der Waals surface area contributed by atoms with E-state index in [-0.39, 0.29) is 18.4 Å². The minimum absolute atomic E-state index is 0.0413. The maximum atomic E-state index is 13.0. The predicted molar refractivity (Wildman–Crippen MR) is 137 cm³/mol. The Kier molecular flexibility index (Phi) is 7.61. The minimum Gasteiger partial charge on any atom is -0.458 e. The van der Waals surface area contributed by atoms with Crippen molar-refractivity contribution in [1.29, 1.82) is 0 Å². The van der Waals surface area contributed by atoms with Crippen molar-refractivity contribution in [2.75, 3.05) is 0 Å². The van der Waals surface area contributed by atoms with Gasteiger partial charge in [-0.05, 0) is 85.2 Å². The van der Waals surface area contributed by atoms with Gasteiger partial charge >= 0.3 is 0 Å². The number of amides is 1. The van der Waals surface area contributed by atoms with Gasteiger partial charge in [0.1, 0.15) is 17.4 Å². The molecule has 3 heterocycles. The van der Waals surface area contributed by atoms with Gasteiger partial charge in [0.05, 0.1) is 18.2 Å². The van der Waals surface area contributed by atoms with Gasteiger partial charge in [0, 0.05) is 24.0 Å². The van der Waals surface area contributed by atoms with E-state index in [0.717, 1.165) is 40.6 Å². The van der Waals surface area contributed by atoms with Crippen LogP contribution in [0.4, 0.5) is 0 Å². The third-order valence-corrected chi connectivity index (χ3v) is 6.21. The molecule has 35 heavy (non-hydrogen) atoms. The van der Waals surface area contributed by atoms with Crippen LogP contribution < -0.4 is 5.32 Å². The zero-order valence-electron chi connectivity index (χ0n) is 20.8. The summed E-state index contributed by atoms with van der Waals surface area (Å²) in [5, 5.41) is 14.7. The molecule has 0 aliphatic carbocycles. The summed E-state index contributed by atoms with van der Waals surface area (Å²) in [6, 6.07) is 13.0. The van der Waals surface area contributed by atoms with E-state index in [1.807, 2.05) is 37.4 Å². The van der Waals surface area contributed by atoms with E-state index in [9.17, 15) is 9.90 Å². The highest BCUT2D eigenvalue weighted by atomic mass is 16.4. The van der Waals surface area contributed by atoms with Crippen molar-refractivity contribution < 1.29 is 14.3 Å². The van der Waals surface area contributed by atoms with Gasteiger partial charge in [-0.15, -0.1) is 0 Å². The van der Waals surface area contributed by atoms with Crippen molar-refractivity contribution in [3.63, 3.8) is 0 Å². The smallest absolute Gasteiger partial charge is 0.224 e. The number of aryl methyl sites for hydroxylation is 2. The molecule has 3 aromatic heterocycles. The molecule has 182 valence electrons. The standard InChI is InChI=1S/C29H33N3O3/c1-18(2)5-7-24(28-20(4)13-19(3)17-31-28)32-27(33)15-21-6-8-25-23(14-21)16-26(35-25)29(34)22-9-11-30-12-10-22/h6,8-14,16-18,24,29,34H,5,7,15H2,1-4H3,(H,32,33). The topological polar surface area (TPSA) is 88.2 Å². The van der Waals surface area contributed by atoms with Gasteiger partial charge in [-0.25, -0.2) is 0 Å². The number of benzene rings is 1. The van der Waals surface area contributed by atoms with Crippen LogP contribution in [-0.2, 0) is 11.2 Å². The van der Waals surface area contributed by atoms with Crippen LogP contribution in [0.5, 0.6) is 0 Å². The zero-order valence-corrected chi connectivity index (χ0v) is 20.8. The number of hydrogen-bond donors (Lipinski definition) is 2. The molecule has 6 nitrogen and oxygen atoms in total. The normalized spacial score (nSPS) is 13.2. The first-order valence-corrected chi connectivity index (χ1v) is 12.1. The second kappa shape index (κ2) is 10.8. The summed E-state index contributed by atoms with van der Waals surface area (Å²) in [5.41, 5.74) is 5.42. The first kappa shape index (κ1) is 24.6. The lowest BCUT2D eigenvalue weighted by Crippen LogP contribution is -2.31. The van der Waals surface area contributed by atoms with E-state index < -0.39 is 6.10 Å². The Hall–Kier alpha value is -3.51. The number of furan rings is 1. The largest absolute Gasteiger partial charge is 0.458 e. The summed E-state index contributed by atoms with van der Waals surface area (Å²) in [5.74, 6) is 0.961. The van der Waals surface area contributed by atoms with E-state index in [1.165, 1.54) is 0 Å². The number of pyridine rings is 2. The number of nitrogens with one attached hydrogen (secondary N) is 1. The molecule has 2 atom stereocenters. The summed E-state index contributed by atoms with van der Waals surface area (Å²) in [7, 11) is 0. The van der Waals surface area contributed by atoms with E-state index >= 15 is 0 Å². The Morgan fingerprint density at radius 3 is 2.54 bits per heavy atom. The molecule has 0 spiro atoms. The predicted octanol–water partition coefficient (Wildman–Crippen LogP) is 5.76. The first-order valence-electron chi connectivity index (χ1n) is 12.1. The fraction of sp³-hybridized carbons (Fsp3) is 0.345. The van der Waals surface area contributed by atoms with E-state index in [0.29, 0.717) is 22.8 Å². The Labute approximate surface area is 206 Å². The number of carbonyl (C=O) groups excluding carboxylic acids is 1. The molecule has 1 aromatic carbocycles. The van der Waals surface area contributed by atoms with Crippen molar-refractivity contribution >= 4 is 16.9 Å². The Bertz CT molecular complexity index is 1300. The molecule has 2 unspecified atom stereocenters. The molecule has 0 fully saturated rings. The molecule has 4 aromatic rings. The number of rotatable bonds is 9. The number of aliphatic hydroxyl groups is 1. The molecule has 0 aliphatic heterocycles. The molecule has 0 aliphatic rings. The SMILES string of the molecule is Cc1cnc(C(CCC(C)C)NC(=O)Cc2ccc3oc(C(O)c4ccncc4)cc3c2)c(C)c1. The Balaban J connectivity index is 1.49. The lowest BCUT2D eigenvalue weighted by Gasteiger charge is -2.21. The zero-order chi connectivity index (χ0) is 24.9. The molecule has 2 N–H and O–H groups in total. The van der Waals surface area contributed by atoms with Crippen LogP contribution in [-0.4, -0.2) is 21.0 Å². The maximum Gasteiger partial charge on any atom is 0.224 e. The van der Waals surface area contributed by atoms with Crippen LogP contribution in [0.25, 0.3) is 11.0 Å². The fourth-order valence-corrected chi connectivity index (χ4v) is 4.37. The summed E-state index contributed by atoms with van der Waals surface area (Å²) < 4.78 is 5.86. The third kappa shape index (κ3) is 6.14. The average Bonchev–Trinajstić information content (AvgIpc) is 3.25. The van der Waals surface area contributed by atoms with Gasteiger partial charge in [0.15, 0.2) is 0 Å². The van der Waals surface area contributed by atoms with Crippen molar-refractivity contribution in [3.8, 4) is 0 Å². The highest BCUT2D eigenvalue weighted by molar-refractivity contribution is 5.83. The number of fused-ring (bicyclic) bond motifs is 1. The first-order chi connectivity index (χ1) is 16.8. The van der Waals surface area contributed by atoms with Gasteiger partial charge in [-0.3, -0.25) is 14.8 Å². The van der Waals surface area contributed by atoms with E-state index in [4.69, 9.17) is 4.42 Å². The molecule has 4 rings (SSSR count). The lowest BCUT2D eigenvalue weighted by molar-refractivity contribution is -0.121. The van der Waals surface area contributed by atoms with Crippen molar-refractivity contribution in [2.24, 2.45) is 5.92 Å². The van der Waals surface area contributed by atoms with Crippen molar-refractivity contribution in [3.05, 3.63) is 94.8 Å². The molecule has 0 saturated heterocycles. The average molecular weight is 472 g/mol. The number of aliphatic hydroxyl groups excluding tert-OH is 1. The van der Waals surface area contributed by atoms with Gasteiger partial charge in [-0.2, -0.15) is 0 Å². The van der Waals surface area contributed by atoms with Crippen molar-refractivity contribution in [1.82, 2.24) is 15.3 Å². The van der Waals surface area contributed by atoms with Gasteiger partial charge in [0.25, 0.3) is 0 Å². The maximum absolute atomic E-state index is 13.0. The van der Waals surface area contributed by atoms with Crippen LogP contribution in [0.15, 0.2) is 65.5 Å². The second-order valence-electron chi connectivity index (χ2n) is 9.69. The van der Waals surface area contributed by atoms with Gasteiger partial charge in [0.2, 0.25) is 5.91 Å². The number of aromatic nitrogens is 2. The number of nitrogens with zero attached hydrogens (tertiary/aromatic N) is 2. The molecule has 0 bridgehead atoms. The lowest BCUT2D eigenvalue weighted by atomic mass is 9.97. The second-order valence-corrected chi connectivity index (χ2v) is 9.69. The summed E-state index contributed by atoms with van der Waals surface area (Å²) in [6.45, 7) is 8.45. The van der Waals surface area contributed by atoms with Crippen molar-refractivity contribution in [2.45, 2.75) is 59.1 Å². The van der Waals surface area contributed by atoms with Crippen LogP contribution >= 0.6 is 0 Å². The monoisotopic (exact) mass is 471 g/mol. The highest BCUT2D eigenvalue weighted by Gasteiger charge is 2.20. The van der Waals surface area contributed by atoms with E-state index in [1.54, 1.807) is 24.5 Å².